The van der Waals surface area contributed by atoms with Gasteiger partial charge < -0.3 is 4.74 Å². The van der Waals surface area contributed by atoms with Gasteiger partial charge in [0.25, 0.3) is 5.56 Å². The number of nitriles is 1. The Kier molecular flexibility index (Phi) is 6.04. The Bertz CT molecular complexity index is 1400. The molecule has 0 fully saturated rings. The van der Waals surface area contributed by atoms with Crippen molar-refractivity contribution in [3.8, 4) is 22.9 Å². The van der Waals surface area contributed by atoms with E-state index in [1.807, 2.05) is 6.07 Å². The minimum atomic E-state index is -0.664. The number of benzene rings is 1. The summed E-state index contributed by atoms with van der Waals surface area (Å²) >= 11 is 6.01. The summed E-state index contributed by atoms with van der Waals surface area (Å²) in [7, 11) is 0. The molecular formula is C23H18ClFN4O3. The third-order valence-corrected chi connectivity index (χ3v) is 5.46. The summed E-state index contributed by atoms with van der Waals surface area (Å²) in [4.78, 5) is 31.3. The number of pyridine rings is 1. The second-order valence-corrected chi connectivity index (χ2v) is 7.70. The van der Waals surface area contributed by atoms with Crippen LogP contribution in [0.2, 0.25) is 5.02 Å². The second kappa shape index (κ2) is 8.91. The lowest BCUT2D eigenvalue weighted by Crippen LogP contribution is -2.41. The third-order valence-electron chi connectivity index (χ3n) is 5.17. The van der Waals surface area contributed by atoms with Crippen molar-refractivity contribution >= 4 is 17.2 Å². The largest absolute Gasteiger partial charge is 0.377 e. The zero-order chi connectivity index (χ0) is 22.8. The topological polar surface area (TPSA) is 89.9 Å². The van der Waals surface area contributed by atoms with Crippen LogP contribution in [-0.4, -0.2) is 27.3 Å². The van der Waals surface area contributed by atoms with Gasteiger partial charge in [0.05, 0.1) is 47.4 Å². The van der Waals surface area contributed by atoms with Crippen molar-refractivity contribution in [3.05, 3.63) is 85.7 Å². The van der Waals surface area contributed by atoms with Gasteiger partial charge in [0.2, 0.25) is 0 Å². The maximum absolute atomic E-state index is 13.9. The van der Waals surface area contributed by atoms with E-state index in [-0.39, 0.29) is 22.8 Å². The Hall–Kier alpha value is -3.54. The zero-order valence-corrected chi connectivity index (χ0v) is 17.9. The molecule has 3 heterocycles. The number of aromatic nitrogens is 3. The van der Waals surface area contributed by atoms with E-state index >= 15 is 0 Å². The van der Waals surface area contributed by atoms with Crippen LogP contribution in [0.1, 0.15) is 17.7 Å². The number of aryl methyl sites for hydroxylation is 1. The van der Waals surface area contributed by atoms with Crippen molar-refractivity contribution in [2.24, 2.45) is 0 Å². The maximum atomic E-state index is 13.9. The highest BCUT2D eigenvalue weighted by molar-refractivity contribution is 6.31. The number of hydrogen-bond donors (Lipinski definition) is 0. The molecule has 0 N–H and O–H groups in total. The van der Waals surface area contributed by atoms with Crippen LogP contribution < -0.4 is 11.2 Å². The van der Waals surface area contributed by atoms with Crippen LogP contribution in [-0.2, 0) is 11.3 Å². The molecule has 2 aromatic heterocycles. The fraction of sp³-hybridized carbons (Fsp3) is 0.217. The lowest BCUT2D eigenvalue weighted by molar-refractivity contribution is 0.161. The van der Waals surface area contributed by atoms with Gasteiger partial charge in [-0.2, -0.15) is 5.26 Å². The molecule has 162 valence electrons. The number of hydrogen-bond acceptors (Lipinski definition) is 5. The van der Waals surface area contributed by atoms with Gasteiger partial charge >= 0.3 is 5.69 Å². The molecular weight excluding hydrogens is 435 g/mol. The van der Waals surface area contributed by atoms with Crippen molar-refractivity contribution in [2.75, 3.05) is 13.2 Å². The van der Waals surface area contributed by atoms with Gasteiger partial charge in [0, 0.05) is 6.20 Å². The van der Waals surface area contributed by atoms with Gasteiger partial charge in [-0.1, -0.05) is 23.7 Å². The first-order valence-electron chi connectivity index (χ1n) is 9.83. The van der Waals surface area contributed by atoms with Crippen LogP contribution >= 0.6 is 11.6 Å². The lowest BCUT2D eigenvalue weighted by Gasteiger charge is -2.22. The summed E-state index contributed by atoms with van der Waals surface area (Å²) in [5.41, 5.74) is 1.25. The Balaban J connectivity index is 2.17. The van der Waals surface area contributed by atoms with Crippen LogP contribution in [0.3, 0.4) is 0 Å². The van der Waals surface area contributed by atoms with Crippen LogP contribution in [0.15, 0.2) is 52.3 Å². The number of rotatable bonds is 4. The van der Waals surface area contributed by atoms with E-state index in [0.29, 0.717) is 36.5 Å². The molecule has 0 spiro atoms. The van der Waals surface area contributed by atoms with E-state index in [9.17, 15) is 19.2 Å². The predicted molar refractivity (Wildman–Crippen MR) is 118 cm³/mol. The molecule has 0 atom stereocenters. The Morgan fingerprint density at radius 1 is 1.28 bits per heavy atom. The van der Waals surface area contributed by atoms with E-state index in [0.717, 1.165) is 16.2 Å². The zero-order valence-electron chi connectivity index (χ0n) is 17.1. The minimum Gasteiger partial charge on any atom is -0.377 e. The van der Waals surface area contributed by atoms with Gasteiger partial charge in [-0.15, -0.1) is 0 Å². The molecule has 4 rings (SSSR count). The molecule has 0 radical (unpaired) electrons. The molecule has 0 aliphatic carbocycles. The first-order valence-corrected chi connectivity index (χ1v) is 10.2. The Labute approximate surface area is 187 Å². The highest BCUT2D eigenvalue weighted by Crippen LogP contribution is 2.31. The molecule has 3 aromatic rings. The van der Waals surface area contributed by atoms with Crippen molar-refractivity contribution in [1.29, 1.82) is 5.26 Å². The third kappa shape index (κ3) is 3.88. The molecule has 0 saturated heterocycles. The fourth-order valence-corrected chi connectivity index (χ4v) is 3.93. The summed E-state index contributed by atoms with van der Waals surface area (Å²) in [6, 6.07) is 7.59. The highest BCUT2D eigenvalue weighted by atomic mass is 35.5. The Morgan fingerprint density at radius 2 is 2.09 bits per heavy atom. The van der Waals surface area contributed by atoms with Gasteiger partial charge in [-0.05, 0) is 48.2 Å². The smallest absolute Gasteiger partial charge is 0.337 e. The van der Waals surface area contributed by atoms with E-state index in [4.69, 9.17) is 16.3 Å². The molecule has 0 unspecified atom stereocenters. The average Bonchev–Trinajstić information content (AvgIpc) is 2.78. The number of ether oxygens (including phenoxy) is 1. The molecule has 0 amide bonds. The summed E-state index contributed by atoms with van der Waals surface area (Å²) in [6.45, 7) is 2.22. The van der Waals surface area contributed by atoms with Crippen LogP contribution in [0.4, 0.5) is 4.39 Å². The summed E-state index contributed by atoms with van der Waals surface area (Å²) in [6.07, 6.45) is 5.23. The maximum Gasteiger partial charge on any atom is 0.337 e. The molecule has 1 aliphatic rings. The van der Waals surface area contributed by atoms with Gasteiger partial charge in [0.1, 0.15) is 12.4 Å². The molecule has 9 heteroatoms. The summed E-state index contributed by atoms with van der Waals surface area (Å²) in [5, 5.41) is 9.30. The molecule has 0 saturated carbocycles. The summed E-state index contributed by atoms with van der Waals surface area (Å²) in [5.74, 6) is -0.629. The van der Waals surface area contributed by atoms with Crippen molar-refractivity contribution < 1.29 is 9.13 Å². The lowest BCUT2D eigenvalue weighted by atomic mass is 9.97. The number of halogens is 2. The normalized spacial score (nSPS) is 13.5. The van der Waals surface area contributed by atoms with Crippen LogP contribution in [0, 0.1) is 24.1 Å². The quantitative estimate of drug-likeness (QED) is 0.604. The number of nitrogens with zero attached hydrogens (tertiary/aromatic N) is 4. The molecule has 1 aromatic carbocycles. The van der Waals surface area contributed by atoms with Crippen molar-refractivity contribution in [1.82, 2.24) is 14.1 Å². The average molecular weight is 453 g/mol. The SMILES string of the molecule is Cc1cncc(-n2c(=O)c(-c3ccc(F)c(Cl)c3)c(C3=CCOCC3)n(CC#N)c2=O)c1. The highest BCUT2D eigenvalue weighted by Gasteiger charge is 2.25. The second-order valence-electron chi connectivity index (χ2n) is 7.29. The van der Waals surface area contributed by atoms with E-state index < -0.39 is 17.1 Å². The van der Waals surface area contributed by atoms with Gasteiger partial charge in [-0.3, -0.25) is 14.3 Å². The Morgan fingerprint density at radius 3 is 2.75 bits per heavy atom. The van der Waals surface area contributed by atoms with Crippen LogP contribution in [0.5, 0.6) is 0 Å². The van der Waals surface area contributed by atoms with E-state index in [2.05, 4.69) is 4.98 Å². The molecule has 1 aliphatic heterocycles. The first kappa shape index (κ1) is 21.7. The van der Waals surface area contributed by atoms with Gasteiger partial charge in [-0.25, -0.2) is 13.8 Å². The monoisotopic (exact) mass is 452 g/mol. The van der Waals surface area contributed by atoms with Crippen molar-refractivity contribution in [3.63, 3.8) is 0 Å². The standard InChI is InChI=1S/C23H18ClFN4O3/c1-14-10-17(13-27-12-14)29-22(30)20(16-2-3-19(25)18(24)11-16)21(15-4-8-32-9-5-15)28(7-6-26)23(29)31/h2-4,10-13H,5,7-9H2,1H3. The summed E-state index contributed by atoms with van der Waals surface area (Å²) < 4.78 is 21.5. The van der Waals surface area contributed by atoms with Crippen LogP contribution in [0.25, 0.3) is 22.4 Å². The molecule has 32 heavy (non-hydrogen) atoms. The fourth-order valence-electron chi connectivity index (χ4n) is 3.75. The van der Waals surface area contributed by atoms with E-state index in [1.165, 1.54) is 22.9 Å². The molecule has 7 nitrogen and oxygen atoms in total. The minimum absolute atomic E-state index is 0.149. The first-order chi connectivity index (χ1) is 15.4. The van der Waals surface area contributed by atoms with Gasteiger partial charge in [0.15, 0.2) is 0 Å². The predicted octanol–water partition coefficient (Wildman–Crippen LogP) is 3.49. The molecule has 0 bridgehead atoms. The van der Waals surface area contributed by atoms with E-state index in [1.54, 1.807) is 25.3 Å². The van der Waals surface area contributed by atoms with Crippen molar-refractivity contribution in [2.45, 2.75) is 19.9 Å².